The monoisotopic (exact) mass is 429 g/mol. The fourth-order valence-corrected chi connectivity index (χ4v) is 3.96. The van der Waals surface area contributed by atoms with E-state index in [1.54, 1.807) is 29.9 Å². The summed E-state index contributed by atoms with van der Waals surface area (Å²) in [6.45, 7) is 1.53. The highest BCUT2D eigenvalue weighted by molar-refractivity contribution is 6.07. The molecule has 2 aromatic heterocycles. The summed E-state index contributed by atoms with van der Waals surface area (Å²) in [7, 11) is 1.70. The maximum absolute atomic E-state index is 12.8. The van der Waals surface area contributed by atoms with Crippen molar-refractivity contribution in [2.45, 2.75) is 13.1 Å². The van der Waals surface area contributed by atoms with Crippen molar-refractivity contribution in [3.8, 4) is 11.4 Å². The Morgan fingerprint density at radius 2 is 1.91 bits per heavy atom. The fourth-order valence-electron chi connectivity index (χ4n) is 3.96. The number of benzene rings is 2. The number of anilines is 1. The van der Waals surface area contributed by atoms with Crippen molar-refractivity contribution in [3.05, 3.63) is 88.3 Å². The van der Waals surface area contributed by atoms with Gasteiger partial charge in [0.2, 0.25) is 5.78 Å². The number of aromatic nitrogens is 5. The molecule has 1 aliphatic heterocycles. The first kappa shape index (κ1) is 19.6. The zero-order valence-corrected chi connectivity index (χ0v) is 17.3. The van der Waals surface area contributed by atoms with E-state index in [1.807, 2.05) is 39.8 Å². The van der Waals surface area contributed by atoms with Crippen molar-refractivity contribution in [2.75, 3.05) is 11.4 Å². The van der Waals surface area contributed by atoms with Crippen LogP contribution in [0.2, 0.25) is 0 Å². The van der Waals surface area contributed by atoms with Gasteiger partial charge in [0.1, 0.15) is 5.69 Å². The van der Waals surface area contributed by atoms with Crippen molar-refractivity contribution in [1.82, 2.24) is 24.3 Å². The van der Waals surface area contributed by atoms with Crippen LogP contribution in [0, 0.1) is 10.1 Å². The number of imidazole rings is 1. The van der Waals surface area contributed by atoms with Crippen molar-refractivity contribution in [2.24, 2.45) is 7.05 Å². The highest BCUT2D eigenvalue weighted by Crippen LogP contribution is 2.33. The van der Waals surface area contributed by atoms with Crippen molar-refractivity contribution >= 4 is 17.2 Å². The number of carbonyl (C=O) groups is 1. The summed E-state index contributed by atoms with van der Waals surface area (Å²) < 4.78 is 3.63. The lowest BCUT2D eigenvalue weighted by molar-refractivity contribution is -0.384. The number of rotatable bonds is 5. The molecule has 0 saturated heterocycles. The van der Waals surface area contributed by atoms with Gasteiger partial charge in [-0.15, -0.1) is 10.2 Å². The molecule has 0 aliphatic carbocycles. The van der Waals surface area contributed by atoms with Gasteiger partial charge < -0.3 is 14.0 Å². The molecule has 0 radical (unpaired) electrons. The molecule has 0 bridgehead atoms. The fraction of sp³-hybridized carbons (Fsp3) is 0.182. The quantitative estimate of drug-likeness (QED) is 0.272. The van der Waals surface area contributed by atoms with E-state index >= 15 is 0 Å². The van der Waals surface area contributed by atoms with E-state index in [4.69, 9.17) is 0 Å². The molecule has 0 spiro atoms. The van der Waals surface area contributed by atoms with Gasteiger partial charge in [-0.1, -0.05) is 30.3 Å². The van der Waals surface area contributed by atoms with E-state index in [0.29, 0.717) is 25.3 Å². The molecular weight excluding hydrogens is 410 g/mol. The average molecular weight is 429 g/mol. The number of hydrogen-bond acceptors (Lipinski definition) is 7. The van der Waals surface area contributed by atoms with Crippen LogP contribution < -0.4 is 4.90 Å². The van der Waals surface area contributed by atoms with Crippen LogP contribution in [0.15, 0.2) is 60.9 Å². The lowest BCUT2D eigenvalue weighted by atomic mass is 10.1. The largest absolute Gasteiger partial charge is 0.357 e. The Labute approximate surface area is 182 Å². The Kier molecular flexibility index (Phi) is 4.74. The standard InChI is InChI=1S/C22H19N7O3/c1-26-10-9-23-22(26)20(30)16-7-8-17(18(13-16)29(31)32)27-11-12-28-19(14-27)24-25-21(28)15-5-3-2-4-6-15/h2-10,13H,11-12,14H2,1H3. The van der Waals surface area contributed by atoms with Gasteiger partial charge in [-0.3, -0.25) is 14.9 Å². The highest BCUT2D eigenvalue weighted by Gasteiger charge is 2.28. The molecule has 32 heavy (non-hydrogen) atoms. The average Bonchev–Trinajstić information content (AvgIpc) is 3.44. The molecule has 5 rings (SSSR count). The Bertz CT molecular complexity index is 1330. The molecule has 0 N–H and O–H groups in total. The number of aryl methyl sites for hydroxylation is 1. The molecule has 0 fully saturated rings. The summed E-state index contributed by atoms with van der Waals surface area (Å²) in [5, 5.41) is 20.5. The highest BCUT2D eigenvalue weighted by atomic mass is 16.6. The molecule has 10 nitrogen and oxygen atoms in total. The summed E-state index contributed by atoms with van der Waals surface area (Å²) in [4.78, 5) is 30.1. The number of nitro benzene ring substituents is 1. The third-order valence-corrected chi connectivity index (χ3v) is 5.58. The van der Waals surface area contributed by atoms with Crippen LogP contribution in [0.3, 0.4) is 0 Å². The van der Waals surface area contributed by atoms with Crippen molar-refractivity contribution in [1.29, 1.82) is 0 Å². The molecule has 0 unspecified atom stereocenters. The second-order valence-electron chi connectivity index (χ2n) is 7.53. The molecule has 1 aliphatic rings. The normalized spacial score (nSPS) is 13.1. The number of nitrogens with zero attached hydrogens (tertiary/aromatic N) is 7. The summed E-state index contributed by atoms with van der Waals surface area (Å²) in [6, 6.07) is 14.3. The zero-order chi connectivity index (χ0) is 22.2. The van der Waals surface area contributed by atoms with E-state index in [0.717, 1.165) is 17.2 Å². The van der Waals surface area contributed by atoms with Crippen LogP contribution in [-0.2, 0) is 20.1 Å². The smallest absolute Gasteiger partial charge is 0.293 e. The van der Waals surface area contributed by atoms with E-state index in [-0.39, 0.29) is 22.9 Å². The topological polar surface area (TPSA) is 112 Å². The molecule has 0 saturated carbocycles. The summed E-state index contributed by atoms with van der Waals surface area (Å²) in [6.07, 6.45) is 3.17. The summed E-state index contributed by atoms with van der Waals surface area (Å²) >= 11 is 0. The third-order valence-electron chi connectivity index (χ3n) is 5.58. The zero-order valence-electron chi connectivity index (χ0n) is 17.3. The number of carbonyl (C=O) groups excluding carboxylic acids is 1. The second-order valence-corrected chi connectivity index (χ2v) is 7.53. The molecule has 0 atom stereocenters. The molecule has 4 aromatic rings. The number of hydrogen-bond donors (Lipinski definition) is 0. The van der Waals surface area contributed by atoms with Gasteiger partial charge in [-0.25, -0.2) is 4.98 Å². The molecule has 160 valence electrons. The number of ketones is 1. The van der Waals surface area contributed by atoms with Crippen LogP contribution in [-0.4, -0.2) is 41.6 Å². The van der Waals surface area contributed by atoms with Crippen LogP contribution in [0.5, 0.6) is 0 Å². The minimum atomic E-state index is -0.459. The van der Waals surface area contributed by atoms with Crippen molar-refractivity contribution < 1.29 is 9.72 Å². The maximum atomic E-state index is 12.8. The SMILES string of the molecule is Cn1ccnc1C(=O)c1ccc(N2CCn3c(nnc3-c3ccccc3)C2)c([N+](=O)[O-])c1. The van der Waals surface area contributed by atoms with Crippen LogP contribution in [0.4, 0.5) is 11.4 Å². The third kappa shape index (κ3) is 3.31. The minimum absolute atomic E-state index is 0.124. The Hall–Kier alpha value is -4.34. The predicted molar refractivity (Wildman–Crippen MR) is 116 cm³/mol. The van der Waals surface area contributed by atoms with E-state index in [9.17, 15) is 14.9 Å². The van der Waals surface area contributed by atoms with Gasteiger partial charge in [0, 0.05) is 49.7 Å². The van der Waals surface area contributed by atoms with Gasteiger partial charge in [-0.2, -0.15) is 0 Å². The maximum Gasteiger partial charge on any atom is 0.293 e. The van der Waals surface area contributed by atoms with Crippen LogP contribution in [0.1, 0.15) is 22.0 Å². The summed E-state index contributed by atoms with van der Waals surface area (Å²) in [5.74, 6) is 1.38. The number of fused-ring (bicyclic) bond motifs is 1. The lowest BCUT2D eigenvalue weighted by Crippen LogP contribution is -2.34. The van der Waals surface area contributed by atoms with E-state index in [2.05, 4.69) is 15.2 Å². The van der Waals surface area contributed by atoms with Gasteiger partial charge >= 0.3 is 0 Å². The molecular formula is C22H19N7O3. The second kappa shape index (κ2) is 7.73. The first-order valence-corrected chi connectivity index (χ1v) is 10.1. The lowest BCUT2D eigenvalue weighted by Gasteiger charge is -2.29. The molecule has 10 heteroatoms. The van der Waals surface area contributed by atoms with Crippen LogP contribution in [0.25, 0.3) is 11.4 Å². The summed E-state index contributed by atoms with van der Waals surface area (Å²) in [5.41, 5.74) is 1.52. The van der Waals surface area contributed by atoms with Gasteiger partial charge in [-0.05, 0) is 12.1 Å². The van der Waals surface area contributed by atoms with Gasteiger partial charge in [0.15, 0.2) is 17.5 Å². The van der Waals surface area contributed by atoms with Crippen molar-refractivity contribution in [3.63, 3.8) is 0 Å². The first-order valence-electron chi connectivity index (χ1n) is 10.1. The Morgan fingerprint density at radius 1 is 1.09 bits per heavy atom. The molecule has 3 heterocycles. The molecule has 2 aromatic carbocycles. The minimum Gasteiger partial charge on any atom is -0.357 e. The first-order chi connectivity index (χ1) is 15.5. The van der Waals surface area contributed by atoms with E-state index < -0.39 is 4.92 Å². The van der Waals surface area contributed by atoms with Gasteiger partial charge in [0.05, 0.1) is 11.5 Å². The van der Waals surface area contributed by atoms with Crippen LogP contribution >= 0.6 is 0 Å². The Morgan fingerprint density at radius 3 is 2.62 bits per heavy atom. The predicted octanol–water partition coefficient (Wildman–Crippen LogP) is 2.84. The Balaban J connectivity index is 1.46. The van der Waals surface area contributed by atoms with E-state index in [1.165, 1.54) is 12.3 Å². The number of nitro groups is 1. The molecule has 0 amide bonds. The van der Waals surface area contributed by atoms with Gasteiger partial charge in [0.25, 0.3) is 5.69 Å².